The van der Waals surface area contributed by atoms with Crippen molar-refractivity contribution >= 4 is 29.1 Å². The molecule has 0 radical (unpaired) electrons. The summed E-state index contributed by atoms with van der Waals surface area (Å²) < 4.78 is 16.8. The number of rotatable bonds is 8. The lowest BCUT2D eigenvalue weighted by molar-refractivity contribution is -0.140. The molecule has 180 valence electrons. The minimum atomic E-state index is -0.785. The maximum atomic E-state index is 13.2. The monoisotopic (exact) mass is 485 g/mol. The molecule has 0 aromatic heterocycles. The van der Waals surface area contributed by atoms with Gasteiger partial charge >= 0.3 is 0 Å². The highest BCUT2D eigenvalue weighted by Gasteiger charge is 2.47. The molecule has 0 spiro atoms. The molecule has 0 saturated carbocycles. The number of carbonyl (C=O) groups is 2. The first kappa shape index (κ1) is 24.1. The van der Waals surface area contributed by atoms with E-state index in [4.69, 9.17) is 25.8 Å². The first-order chi connectivity index (χ1) is 16.4. The lowest BCUT2D eigenvalue weighted by Gasteiger charge is -2.27. The van der Waals surface area contributed by atoms with Gasteiger partial charge in [-0.2, -0.15) is 0 Å². The average Bonchev–Trinajstić information content (AvgIpc) is 3.43. The van der Waals surface area contributed by atoms with E-state index in [1.165, 1.54) is 4.90 Å². The summed E-state index contributed by atoms with van der Waals surface area (Å²) in [5.74, 6) is -0.589. The normalized spacial score (nSPS) is 21.8. The van der Waals surface area contributed by atoms with E-state index in [-0.39, 0.29) is 34.6 Å². The molecule has 2 fully saturated rings. The molecule has 0 bridgehead atoms. The number of ketones is 1. The molecule has 0 aliphatic carbocycles. The highest BCUT2D eigenvalue weighted by Crippen LogP contribution is 2.42. The number of nitrogens with zero attached hydrogens (tertiary/aromatic N) is 1. The van der Waals surface area contributed by atoms with Crippen molar-refractivity contribution in [3.05, 3.63) is 64.2 Å². The summed E-state index contributed by atoms with van der Waals surface area (Å²) in [6, 6.07) is 11.2. The van der Waals surface area contributed by atoms with Crippen LogP contribution in [0.2, 0.25) is 5.02 Å². The number of hydrogen-bond donors (Lipinski definition) is 1. The van der Waals surface area contributed by atoms with Crippen LogP contribution in [-0.2, 0) is 14.3 Å². The number of carbonyl (C=O) groups excluding carboxylic acids is 2. The van der Waals surface area contributed by atoms with Crippen molar-refractivity contribution in [2.24, 2.45) is 0 Å². The first-order valence-corrected chi connectivity index (χ1v) is 11.9. The molecule has 7 nitrogen and oxygen atoms in total. The van der Waals surface area contributed by atoms with Crippen LogP contribution in [0.1, 0.15) is 43.9 Å². The van der Waals surface area contributed by atoms with E-state index in [9.17, 15) is 14.7 Å². The molecule has 2 heterocycles. The van der Waals surface area contributed by atoms with Crippen LogP contribution in [0.3, 0.4) is 0 Å². The average molecular weight is 486 g/mol. The Morgan fingerprint density at radius 1 is 1.09 bits per heavy atom. The van der Waals surface area contributed by atoms with E-state index in [1.54, 1.807) is 42.5 Å². The fourth-order valence-corrected chi connectivity index (χ4v) is 4.63. The van der Waals surface area contributed by atoms with Crippen LogP contribution in [0.5, 0.6) is 11.5 Å². The minimum Gasteiger partial charge on any atom is -0.507 e. The van der Waals surface area contributed by atoms with E-state index in [0.29, 0.717) is 36.9 Å². The van der Waals surface area contributed by atoms with Crippen LogP contribution in [0, 0.1) is 0 Å². The summed E-state index contributed by atoms with van der Waals surface area (Å²) in [4.78, 5) is 27.9. The Bertz CT molecular complexity index is 1090. The molecule has 2 unspecified atom stereocenters. The standard InChI is InChI=1S/C26H28ClNO6/c1-3-32-17-9-7-16(8-10-17)23-22(24(29)20-14-18(33-4-2)11-12-21(20)27)25(30)26(31)28(23)15-19-6-5-13-34-19/h7-12,14,19,23,29H,3-6,13,15H2,1-2H3/b24-22+. The largest absolute Gasteiger partial charge is 0.507 e. The van der Waals surface area contributed by atoms with Crippen molar-refractivity contribution in [1.82, 2.24) is 4.90 Å². The summed E-state index contributed by atoms with van der Waals surface area (Å²) in [6.45, 7) is 5.57. The van der Waals surface area contributed by atoms with E-state index < -0.39 is 17.7 Å². The predicted octanol–water partition coefficient (Wildman–Crippen LogP) is 4.74. The van der Waals surface area contributed by atoms with Gasteiger partial charge in [-0.25, -0.2) is 0 Å². The van der Waals surface area contributed by atoms with Crippen molar-refractivity contribution < 1.29 is 28.9 Å². The first-order valence-electron chi connectivity index (χ1n) is 11.5. The molecule has 2 aliphatic heterocycles. The molecule has 2 atom stereocenters. The van der Waals surface area contributed by atoms with Crippen LogP contribution in [-0.4, -0.2) is 54.2 Å². The number of benzene rings is 2. The Morgan fingerprint density at radius 3 is 2.41 bits per heavy atom. The van der Waals surface area contributed by atoms with Crippen LogP contribution < -0.4 is 9.47 Å². The van der Waals surface area contributed by atoms with Gasteiger partial charge in [-0.05, 0) is 62.6 Å². The molecule has 4 rings (SSSR count). The van der Waals surface area contributed by atoms with Gasteiger partial charge in [-0.1, -0.05) is 23.7 Å². The van der Waals surface area contributed by atoms with Crippen molar-refractivity contribution in [1.29, 1.82) is 0 Å². The summed E-state index contributed by atoms with van der Waals surface area (Å²) >= 11 is 6.38. The van der Waals surface area contributed by atoms with Gasteiger partial charge in [0.25, 0.3) is 11.7 Å². The highest BCUT2D eigenvalue weighted by atomic mass is 35.5. The van der Waals surface area contributed by atoms with E-state index in [2.05, 4.69) is 0 Å². The van der Waals surface area contributed by atoms with Crippen LogP contribution in [0.15, 0.2) is 48.0 Å². The summed E-state index contributed by atoms with van der Waals surface area (Å²) in [7, 11) is 0. The Labute approximate surface area is 203 Å². The van der Waals surface area contributed by atoms with Gasteiger partial charge in [0.1, 0.15) is 17.3 Å². The molecule has 34 heavy (non-hydrogen) atoms. The van der Waals surface area contributed by atoms with Crippen molar-refractivity contribution in [2.75, 3.05) is 26.4 Å². The van der Waals surface area contributed by atoms with Gasteiger partial charge in [0.05, 0.1) is 36.0 Å². The second kappa shape index (κ2) is 10.5. The number of likely N-dealkylation sites (tertiary alicyclic amines) is 1. The lowest BCUT2D eigenvalue weighted by atomic mass is 9.95. The maximum Gasteiger partial charge on any atom is 0.295 e. The van der Waals surface area contributed by atoms with Crippen LogP contribution >= 0.6 is 11.6 Å². The van der Waals surface area contributed by atoms with Gasteiger partial charge in [0.15, 0.2) is 0 Å². The molecule has 2 saturated heterocycles. The second-order valence-corrected chi connectivity index (χ2v) is 8.57. The van der Waals surface area contributed by atoms with Crippen LogP contribution in [0.25, 0.3) is 5.76 Å². The summed E-state index contributed by atoms with van der Waals surface area (Å²) in [6.07, 6.45) is 1.55. The molecule has 2 aromatic carbocycles. The predicted molar refractivity (Wildman–Crippen MR) is 128 cm³/mol. The quantitative estimate of drug-likeness (QED) is 0.330. The Morgan fingerprint density at radius 2 is 1.76 bits per heavy atom. The fraction of sp³-hybridized carbons (Fsp3) is 0.385. The lowest BCUT2D eigenvalue weighted by Crippen LogP contribution is -2.36. The Kier molecular flexibility index (Phi) is 7.44. The fourth-order valence-electron chi connectivity index (χ4n) is 4.42. The van der Waals surface area contributed by atoms with Gasteiger partial charge in [0.2, 0.25) is 0 Å². The van der Waals surface area contributed by atoms with Gasteiger partial charge in [-0.15, -0.1) is 0 Å². The molecule has 1 N–H and O–H groups in total. The number of aliphatic hydroxyl groups is 1. The maximum absolute atomic E-state index is 13.2. The third kappa shape index (κ3) is 4.76. The molecule has 2 aliphatic rings. The number of halogens is 1. The smallest absolute Gasteiger partial charge is 0.295 e. The van der Waals surface area contributed by atoms with Gasteiger partial charge in [0, 0.05) is 18.7 Å². The van der Waals surface area contributed by atoms with E-state index >= 15 is 0 Å². The molecule has 8 heteroatoms. The third-order valence-corrected chi connectivity index (χ3v) is 6.30. The molecule has 2 aromatic rings. The van der Waals surface area contributed by atoms with E-state index in [1.807, 2.05) is 13.8 Å². The van der Waals surface area contributed by atoms with E-state index in [0.717, 1.165) is 12.8 Å². The number of Topliss-reactive ketones (excluding diaryl/α,β-unsaturated/α-hetero) is 1. The summed E-state index contributed by atoms with van der Waals surface area (Å²) in [5, 5.41) is 11.6. The number of amides is 1. The van der Waals surface area contributed by atoms with Crippen molar-refractivity contribution in [2.45, 2.75) is 38.8 Å². The SMILES string of the molecule is CCOc1ccc(C2/C(=C(\O)c3cc(OCC)ccc3Cl)C(=O)C(=O)N2CC2CCCO2)cc1. The summed E-state index contributed by atoms with van der Waals surface area (Å²) in [5.41, 5.74) is 0.903. The van der Waals surface area contributed by atoms with Crippen molar-refractivity contribution in [3.8, 4) is 11.5 Å². The molecular formula is C26H28ClNO6. The minimum absolute atomic E-state index is 0.0114. The zero-order valence-electron chi connectivity index (χ0n) is 19.3. The Hall–Kier alpha value is -3.03. The number of aliphatic hydroxyl groups excluding tert-OH is 1. The highest BCUT2D eigenvalue weighted by molar-refractivity contribution is 6.47. The number of ether oxygens (including phenoxy) is 3. The van der Waals surface area contributed by atoms with Crippen molar-refractivity contribution in [3.63, 3.8) is 0 Å². The van der Waals surface area contributed by atoms with Gasteiger partial charge in [-0.3, -0.25) is 9.59 Å². The topological polar surface area (TPSA) is 85.3 Å². The zero-order chi connectivity index (χ0) is 24.2. The third-order valence-electron chi connectivity index (χ3n) is 5.98. The van der Waals surface area contributed by atoms with Gasteiger partial charge < -0.3 is 24.2 Å². The molecule has 1 amide bonds. The molecular weight excluding hydrogens is 458 g/mol. The number of hydrogen-bond acceptors (Lipinski definition) is 6. The van der Waals surface area contributed by atoms with Crippen LogP contribution in [0.4, 0.5) is 0 Å². The Balaban J connectivity index is 1.82. The zero-order valence-corrected chi connectivity index (χ0v) is 20.0. The second-order valence-electron chi connectivity index (χ2n) is 8.16.